The van der Waals surface area contributed by atoms with Gasteiger partial charge in [0, 0.05) is 29.7 Å². The Morgan fingerprint density at radius 1 is 1.26 bits per heavy atom. The van der Waals surface area contributed by atoms with E-state index in [1.165, 1.54) is 12.1 Å². The molecule has 0 bridgehead atoms. The van der Waals surface area contributed by atoms with Gasteiger partial charge in [0.15, 0.2) is 11.5 Å². The Hall–Kier alpha value is -3.47. The highest BCUT2D eigenvalue weighted by atomic mass is 32.2. The smallest absolute Gasteiger partial charge is 0.289 e. The summed E-state index contributed by atoms with van der Waals surface area (Å²) in [6.45, 7) is 0. The van der Waals surface area contributed by atoms with E-state index in [0.717, 1.165) is 23.0 Å². The number of nitro benzene ring substituents is 1. The second-order valence-corrected chi connectivity index (χ2v) is 8.20. The first-order valence-corrected chi connectivity index (χ1v) is 10.4. The van der Waals surface area contributed by atoms with Crippen molar-refractivity contribution in [1.82, 2.24) is 10.3 Å². The topological polar surface area (TPSA) is 116 Å². The van der Waals surface area contributed by atoms with Crippen LogP contribution in [0.4, 0.5) is 10.5 Å². The van der Waals surface area contributed by atoms with Crippen molar-refractivity contribution in [2.75, 3.05) is 20.0 Å². The molecule has 3 aliphatic heterocycles. The third-order valence-electron chi connectivity index (χ3n) is 5.54. The number of nitrogens with one attached hydrogen (secondary N) is 1. The summed E-state index contributed by atoms with van der Waals surface area (Å²) in [6.07, 6.45) is 0.481. The number of non-ortho nitro benzene ring substituents is 1. The average molecular weight is 442 g/mol. The number of methoxy groups -OCH3 is 2. The van der Waals surface area contributed by atoms with E-state index in [9.17, 15) is 14.9 Å². The van der Waals surface area contributed by atoms with Gasteiger partial charge in [-0.05, 0) is 24.3 Å². The third-order valence-corrected chi connectivity index (χ3v) is 6.44. The van der Waals surface area contributed by atoms with Crippen LogP contribution >= 0.6 is 11.8 Å². The lowest BCUT2D eigenvalue weighted by molar-refractivity contribution is -0.385. The molecule has 160 valence electrons. The van der Waals surface area contributed by atoms with Crippen molar-refractivity contribution in [3.8, 4) is 17.2 Å². The third kappa shape index (κ3) is 3.03. The minimum Gasteiger partial charge on any atom is -0.493 e. The van der Waals surface area contributed by atoms with Crippen LogP contribution in [0.15, 0.2) is 41.5 Å². The lowest BCUT2D eigenvalue weighted by Gasteiger charge is -2.44. The van der Waals surface area contributed by atoms with E-state index in [-0.39, 0.29) is 17.0 Å². The molecular weight excluding hydrogens is 424 g/mol. The Balaban J connectivity index is 1.60. The van der Waals surface area contributed by atoms with Gasteiger partial charge in [0.2, 0.25) is 0 Å². The van der Waals surface area contributed by atoms with Gasteiger partial charge >= 0.3 is 0 Å². The van der Waals surface area contributed by atoms with Crippen LogP contribution in [0, 0.1) is 10.1 Å². The van der Waals surface area contributed by atoms with Crippen molar-refractivity contribution in [3.05, 3.63) is 57.6 Å². The van der Waals surface area contributed by atoms with Crippen molar-refractivity contribution >= 4 is 28.4 Å². The molecule has 11 heteroatoms. The van der Waals surface area contributed by atoms with E-state index in [0.29, 0.717) is 35.0 Å². The van der Waals surface area contributed by atoms with E-state index in [1.54, 1.807) is 31.4 Å². The maximum absolute atomic E-state index is 12.0. The summed E-state index contributed by atoms with van der Waals surface area (Å²) in [5, 5.41) is 20.5. The Morgan fingerprint density at radius 3 is 2.74 bits per heavy atom. The maximum Gasteiger partial charge on any atom is 0.289 e. The van der Waals surface area contributed by atoms with Crippen LogP contribution in [0.5, 0.6) is 17.2 Å². The SMILES string of the molecule is COc1ccc(C2=NN3[C@H](C2)c2cc([N+](=O)[O-])ccc2O[C@@]32CSC(=O)N2)cc1OC. The number of benzene rings is 2. The van der Waals surface area contributed by atoms with E-state index >= 15 is 0 Å². The summed E-state index contributed by atoms with van der Waals surface area (Å²) >= 11 is 1.11. The highest BCUT2D eigenvalue weighted by molar-refractivity contribution is 8.14. The summed E-state index contributed by atoms with van der Waals surface area (Å²) in [6, 6.07) is 9.67. The number of rotatable bonds is 4. The van der Waals surface area contributed by atoms with Gasteiger partial charge in [-0.2, -0.15) is 5.10 Å². The zero-order valence-electron chi connectivity index (χ0n) is 16.7. The fourth-order valence-electron chi connectivity index (χ4n) is 4.08. The van der Waals surface area contributed by atoms with Crippen LogP contribution in [0.25, 0.3) is 0 Å². The number of hydrazone groups is 1. The molecule has 2 aromatic carbocycles. The molecule has 2 atom stereocenters. The molecule has 2 aromatic rings. The normalized spacial score (nSPS) is 23.5. The van der Waals surface area contributed by atoms with Crippen molar-refractivity contribution in [2.45, 2.75) is 18.3 Å². The number of carbonyl (C=O) groups excluding carboxylic acids is 1. The molecule has 1 amide bonds. The molecule has 0 aliphatic carbocycles. The number of thioether (sulfide) groups is 1. The van der Waals surface area contributed by atoms with Gasteiger partial charge in [0.25, 0.3) is 16.8 Å². The van der Waals surface area contributed by atoms with Gasteiger partial charge in [-0.1, -0.05) is 11.8 Å². The standard InChI is InChI=1S/C20H18N4O6S/c1-28-17-5-3-11(7-18(17)29-2)14-9-15-13-8-12(24(26)27)4-6-16(13)30-20(23(15)22-14)10-31-19(25)21-20/h3-8,15H,9-10H2,1-2H3,(H,21,25)/t15-,20-/m1/s1. The number of amides is 1. The van der Waals surface area contributed by atoms with Gasteiger partial charge in [0.05, 0.1) is 36.6 Å². The van der Waals surface area contributed by atoms with E-state index in [4.69, 9.17) is 19.3 Å². The molecule has 3 heterocycles. The summed E-state index contributed by atoms with van der Waals surface area (Å²) < 4.78 is 16.9. The quantitative estimate of drug-likeness (QED) is 0.567. The molecule has 3 aliphatic rings. The van der Waals surface area contributed by atoms with Crippen LogP contribution < -0.4 is 19.5 Å². The van der Waals surface area contributed by atoms with Gasteiger partial charge in [0.1, 0.15) is 5.75 Å². The fraction of sp³-hybridized carbons (Fsp3) is 0.300. The minimum atomic E-state index is -1.14. The summed E-state index contributed by atoms with van der Waals surface area (Å²) in [4.78, 5) is 22.9. The second kappa shape index (κ2) is 7.05. The maximum atomic E-state index is 12.0. The van der Waals surface area contributed by atoms with E-state index in [2.05, 4.69) is 5.32 Å². The Kier molecular flexibility index (Phi) is 4.43. The molecule has 0 unspecified atom stereocenters. The molecule has 5 rings (SSSR count). The molecule has 1 spiro atoms. The first-order valence-electron chi connectivity index (χ1n) is 9.45. The van der Waals surface area contributed by atoms with E-state index < -0.39 is 10.8 Å². The zero-order chi connectivity index (χ0) is 21.8. The van der Waals surface area contributed by atoms with Gasteiger partial charge in [-0.25, -0.2) is 5.01 Å². The predicted molar refractivity (Wildman–Crippen MR) is 113 cm³/mol. The zero-order valence-corrected chi connectivity index (χ0v) is 17.5. The molecule has 0 aromatic heterocycles. The number of hydrogen-bond acceptors (Lipinski definition) is 9. The molecule has 1 saturated heterocycles. The Morgan fingerprint density at radius 2 is 2.06 bits per heavy atom. The summed E-state index contributed by atoms with van der Waals surface area (Å²) in [5.41, 5.74) is 2.21. The van der Waals surface area contributed by atoms with Crippen molar-refractivity contribution in [3.63, 3.8) is 0 Å². The molecular formula is C20H18N4O6S. The predicted octanol–water partition coefficient (Wildman–Crippen LogP) is 3.27. The molecule has 0 saturated carbocycles. The molecule has 1 fully saturated rings. The first kappa shape index (κ1) is 19.5. The number of hydrogen-bond donors (Lipinski definition) is 1. The van der Waals surface area contributed by atoms with E-state index in [1.807, 2.05) is 12.1 Å². The van der Waals surface area contributed by atoms with Crippen LogP contribution in [0.1, 0.15) is 23.6 Å². The fourth-order valence-corrected chi connectivity index (χ4v) is 4.90. The molecule has 31 heavy (non-hydrogen) atoms. The van der Waals surface area contributed by atoms with Crippen molar-refractivity contribution in [1.29, 1.82) is 0 Å². The van der Waals surface area contributed by atoms with Crippen LogP contribution in [-0.2, 0) is 0 Å². The number of ether oxygens (including phenoxy) is 3. The van der Waals surface area contributed by atoms with Crippen LogP contribution in [0.2, 0.25) is 0 Å². The van der Waals surface area contributed by atoms with Gasteiger partial charge < -0.3 is 14.2 Å². The molecule has 1 N–H and O–H groups in total. The largest absolute Gasteiger partial charge is 0.493 e. The Bertz CT molecular complexity index is 1140. The number of nitrogens with zero attached hydrogens (tertiary/aromatic N) is 3. The van der Waals surface area contributed by atoms with Crippen LogP contribution in [0.3, 0.4) is 0 Å². The lowest BCUT2D eigenvalue weighted by Crippen LogP contribution is -2.62. The number of carbonyl (C=O) groups is 1. The Labute approximate surface area is 181 Å². The molecule has 10 nitrogen and oxygen atoms in total. The van der Waals surface area contributed by atoms with Gasteiger partial charge in [-0.3, -0.25) is 20.2 Å². The monoisotopic (exact) mass is 442 g/mol. The van der Waals surface area contributed by atoms with Crippen LogP contribution in [-0.4, -0.2) is 46.7 Å². The first-order chi connectivity index (χ1) is 14.9. The highest BCUT2D eigenvalue weighted by Gasteiger charge is 2.55. The summed E-state index contributed by atoms with van der Waals surface area (Å²) in [7, 11) is 3.13. The van der Waals surface area contributed by atoms with Crippen molar-refractivity contribution < 1.29 is 23.9 Å². The van der Waals surface area contributed by atoms with Gasteiger partial charge in [-0.15, -0.1) is 0 Å². The second-order valence-electron chi connectivity index (χ2n) is 7.25. The minimum absolute atomic E-state index is 0.0253. The number of fused-ring (bicyclic) bond motifs is 4. The average Bonchev–Trinajstić information content (AvgIpc) is 3.38. The molecule has 0 radical (unpaired) electrons. The number of nitro groups is 1. The highest BCUT2D eigenvalue weighted by Crippen LogP contribution is 2.49. The summed E-state index contributed by atoms with van der Waals surface area (Å²) in [5.74, 6) is 0.857. The lowest BCUT2D eigenvalue weighted by atomic mass is 9.95. The van der Waals surface area contributed by atoms with Crippen molar-refractivity contribution in [2.24, 2.45) is 5.10 Å².